The van der Waals surface area contributed by atoms with E-state index in [0.29, 0.717) is 16.7 Å². The van der Waals surface area contributed by atoms with E-state index in [1.54, 1.807) is 14.0 Å². The normalized spacial score (nSPS) is 24.8. The number of sulfonamides is 1. The SMILES string of the molecule is Cc1nc(N)sc1S(=O)(=O)N(C)C1CCCC(C)C1. The monoisotopic (exact) mass is 303 g/mol. The van der Waals surface area contributed by atoms with Gasteiger partial charge >= 0.3 is 0 Å². The highest BCUT2D eigenvalue weighted by Gasteiger charge is 2.33. The third kappa shape index (κ3) is 2.93. The van der Waals surface area contributed by atoms with Gasteiger partial charge in [0, 0.05) is 13.1 Å². The van der Waals surface area contributed by atoms with Crippen LogP contribution in [0.5, 0.6) is 0 Å². The van der Waals surface area contributed by atoms with Crippen molar-refractivity contribution in [3.63, 3.8) is 0 Å². The molecule has 1 aliphatic rings. The molecule has 19 heavy (non-hydrogen) atoms. The lowest BCUT2D eigenvalue weighted by Gasteiger charge is -2.33. The zero-order valence-corrected chi connectivity index (χ0v) is 13.2. The summed E-state index contributed by atoms with van der Waals surface area (Å²) in [6.07, 6.45) is 4.16. The molecule has 2 atom stereocenters. The van der Waals surface area contributed by atoms with E-state index >= 15 is 0 Å². The van der Waals surface area contributed by atoms with Crippen molar-refractivity contribution in [2.24, 2.45) is 5.92 Å². The van der Waals surface area contributed by atoms with Crippen LogP contribution in [-0.4, -0.2) is 30.8 Å². The smallest absolute Gasteiger partial charge is 0.254 e. The molecule has 2 rings (SSSR count). The van der Waals surface area contributed by atoms with Crippen LogP contribution in [0.4, 0.5) is 5.13 Å². The lowest BCUT2D eigenvalue weighted by atomic mass is 9.87. The minimum absolute atomic E-state index is 0.0940. The predicted molar refractivity (Wildman–Crippen MR) is 77.6 cm³/mol. The van der Waals surface area contributed by atoms with Crippen LogP contribution in [0, 0.1) is 12.8 Å². The summed E-state index contributed by atoms with van der Waals surface area (Å²) in [5.41, 5.74) is 6.10. The van der Waals surface area contributed by atoms with Crippen LogP contribution in [0.3, 0.4) is 0 Å². The fraction of sp³-hybridized carbons (Fsp3) is 0.750. The van der Waals surface area contributed by atoms with E-state index in [-0.39, 0.29) is 10.3 Å². The van der Waals surface area contributed by atoms with Crippen LogP contribution in [0.1, 0.15) is 38.3 Å². The van der Waals surface area contributed by atoms with Gasteiger partial charge in [-0.05, 0) is 25.7 Å². The molecule has 7 heteroatoms. The van der Waals surface area contributed by atoms with Gasteiger partial charge in [-0.3, -0.25) is 0 Å². The van der Waals surface area contributed by atoms with Gasteiger partial charge in [0.25, 0.3) is 10.0 Å². The number of rotatable bonds is 3. The van der Waals surface area contributed by atoms with E-state index in [9.17, 15) is 8.42 Å². The number of nitrogens with two attached hydrogens (primary N) is 1. The number of thiazole rings is 1. The van der Waals surface area contributed by atoms with Crippen molar-refractivity contribution >= 4 is 26.5 Å². The molecular formula is C12H21N3O2S2. The van der Waals surface area contributed by atoms with Crippen LogP contribution in [0.2, 0.25) is 0 Å². The maximum atomic E-state index is 12.6. The lowest BCUT2D eigenvalue weighted by molar-refractivity contribution is 0.239. The van der Waals surface area contributed by atoms with E-state index in [1.165, 1.54) is 10.7 Å². The Morgan fingerprint density at radius 3 is 2.63 bits per heavy atom. The quantitative estimate of drug-likeness (QED) is 0.929. The summed E-state index contributed by atoms with van der Waals surface area (Å²) in [5.74, 6) is 0.587. The summed E-state index contributed by atoms with van der Waals surface area (Å²) in [7, 11) is -1.79. The molecule has 1 heterocycles. The number of hydrogen-bond donors (Lipinski definition) is 1. The standard InChI is InChI=1S/C12H21N3O2S2/c1-8-5-4-6-10(7-8)15(3)19(16,17)11-9(2)14-12(13)18-11/h8,10H,4-7H2,1-3H3,(H2,13,14). The van der Waals surface area contributed by atoms with Crippen LogP contribution in [0.25, 0.3) is 0 Å². The molecule has 0 amide bonds. The Hall–Kier alpha value is -0.660. The second kappa shape index (κ2) is 5.38. The van der Waals surface area contributed by atoms with Crippen molar-refractivity contribution in [3.05, 3.63) is 5.69 Å². The second-order valence-electron chi connectivity index (χ2n) is 5.37. The number of nitrogens with zero attached hydrogens (tertiary/aromatic N) is 2. The lowest BCUT2D eigenvalue weighted by Crippen LogP contribution is -2.39. The number of aromatic nitrogens is 1. The molecule has 0 aliphatic heterocycles. The Labute approximate surface area is 118 Å². The number of aryl methyl sites for hydroxylation is 1. The minimum atomic E-state index is -3.46. The van der Waals surface area contributed by atoms with Gasteiger partial charge in [0.15, 0.2) is 9.34 Å². The molecule has 2 N–H and O–H groups in total. The largest absolute Gasteiger partial charge is 0.375 e. The first-order valence-corrected chi connectivity index (χ1v) is 8.79. The van der Waals surface area contributed by atoms with E-state index in [2.05, 4.69) is 11.9 Å². The van der Waals surface area contributed by atoms with Crippen molar-refractivity contribution in [2.45, 2.75) is 49.8 Å². The molecule has 1 aromatic rings. The Morgan fingerprint density at radius 2 is 2.11 bits per heavy atom. The first kappa shape index (κ1) is 14.7. The van der Waals surface area contributed by atoms with Crippen molar-refractivity contribution in [2.75, 3.05) is 12.8 Å². The van der Waals surface area contributed by atoms with Crippen LogP contribution >= 0.6 is 11.3 Å². The average molecular weight is 303 g/mol. The second-order valence-corrected chi connectivity index (χ2v) is 8.60. The van der Waals surface area contributed by atoms with Crippen molar-refractivity contribution in [1.29, 1.82) is 0 Å². The maximum Gasteiger partial charge on any atom is 0.254 e. The van der Waals surface area contributed by atoms with E-state index in [0.717, 1.165) is 30.6 Å². The van der Waals surface area contributed by atoms with Gasteiger partial charge in [-0.25, -0.2) is 13.4 Å². The Kier molecular flexibility index (Phi) is 4.17. The third-order valence-electron chi connectivity index (χ3n) is 3.81. The molecule has 0 spiro atoms. The first-order valence-electron chi connectivity index (χ1n) is 6.53. The summed E-state index contributed by atoms with van der Waals surface area (Å²) < 4.78 is 27.0. The summed E-state index contributed by atoms with van der Waals surface area (Å²) >= 11 is 1.05. The summed E-state index contributed by atoms with van der Waals surface area (Å²) in [4.78, 5) is 4.01. The van der Waals surface area contributed by atoms with Crippen molar-refractivity contribution in [1.82, 2.24) is 9.29 Å². The van der Waals surface area contributed by atoms with Crippen LogP contribution < -0.4 is 5.73 Å². The molecule has 108 valence electrons. The molecular weight excluding hydrogens is 282 g/mol. The van der Waals surface area contributed by atoms with Gasteiger partial charge in [-0.2, -0.15) is 4.31 Å². The summed E-state index contributed by atoms with van der Waals surface area (Å²) in [6.45, 7) is 3.87. The van der Waals surface area contributed by atoms with E-state index < -0.39 is 10.0 Å². The number of anilines is 1. The van der Waals surface area contributed by atoms with Gasteiger partial charge in [0.05, 0.1) is 5.69 Å². The number of nitrogen functional groups attached to an aromatic ring is 1. The zero-order valence-electron chi connectivity index (χ0n) is 11.6. The van der Waals surface area contributed by atoms with Crippen molar-refractivity contribution < 1.29 is 8.42 Å². The Bertz CT molecular complexity index is 553. The van der Waals surface area contributed by atoms with Crippen molar-refractivity contribution in [3.8, 4) is 0 Å². The molecule has 1 fully saturated rings. The highest BCUT2D eigenvalue weighted by Crippen LogP contribution is 2.33. The summed E-state index contributed by atoms with van der Waals surface area (Å²) in [5, 5.41) is 0.307. The molecule has 0 radical (unpaired) electrons. The summed E-state index contributed by atoms with van der Waals surface area (Å²) in [6, 6.07) is 0.0940. The van der Waals surface area contributed by atoms with Gasteiger partial charge in [-0.15, -0.1) is 0 Å². The highest BCUT2D eigenvalue weighted by molar-refractivity contribution is 7.91. The zero-order chi connectivity index (χ0) is 14.2. The van der Waals surface area contributed by atoms with Crippen LogP contribution in [-0.2, 0) is 10.0 Å². The van der Waals surface area contributed by atoms with Gasteiger partial charge in [0.2, 0.25) is 0 Å². The molecule has 0 saturated heterocycles. The molecule has 2 unspecified atom stereocenters. The number of hydrogen-bond acceptors (Lipinski definition) is 5. The maximum absolute atomic E-state index is 12.6. The highest BCUT2D eigenvalue weighted by atomic mass is 32.2. The van der Waals surface area contributed by atoms with Gasteiger partial charge < -0.3 is 5.73 Å². The fourth-order valence-electron chi connectivity index (χ4n) is 2.70. The topological polar surface area (TPSA) is 76.3 Å². The predicted octanol–water partition coefficient (Wildman–Crippen LogP) is 2.23. The van der Waals surface area contributed by atoms with Crippen LogP contribution in [0.15, 0.2) is 4.21 Å². The molecule has 1 saturated carbocycles. The molecule has 1 aromatic heterocycles. The van der Waals surface area contributed by atoms with Gasteiger partial charge in [-0.1, -0.05) is 31.1 Å². The first-order chi connectivity index (χ1) is 8.82. The Balaban J connectivity index is 2.26. The molecule has 5 nitrogen and oxygen atoms in total. The molecule has 0 bridgehead atoms. The molecule has 1 aliphatic carbocycles. The average Bonchev–Trinajstić information content (AvgIpc) is 2.68. The Morgan fingerprint density at radius 1 is 1.42 bits per heavy atom. The fourth-order valence-corrected chi connectivity index (χ4v) is 5.56. The van der Waals surface area contributed by atoms with Gasteiger partial charge in [0.1, 0.15) is 0 Å². The minimum Gasteiger partial charge on any atom is -0.375 e. The van der Waals surface area contributed by atoms with E-state index in [1.807, 2.05) is 0 Å². The van der Waals surface area contributed by atoms with E-state index in [4.69, 9.17) is 5.73 Å². The molecule has 0 aromatic carbocycles. The third-order valence-corrected chi connectivity index (χ3v) is 7.29.